The van der Waals surface area contributed by atoms with E-state index < -0.39 is 0 Å². The number of thioether (sulfide) groups is 1. The van der Waals surface area contributed by atoms with E-state index in [2.05, 4.69) is 124 Å². The molecule has 0 aromatic heterocycles. The third-order valence-electron chi connectivity index (χ3n) is 6.59. The minimum absolute atomic E-state index is 1.25. The second-order valence-electron chi connectivity index (χ2n) is 8.74. The van der Waals surface area contributed by atoms with Gasteiger partial charge in [0.25, 0.3) is 0 Å². The van der Waals surface area contributed by atoms with E-state index in [-0.39, 0.29) is 0 Å². The molecule has 0 saturated carbocycles. The fourth-order valence-electron chi connectivity index (χ4n) is 4.87. The van der Waals surface area contributed by atoms with Crippen LogP contribution in [0.1, 0.15) is 16.7 Å². The third-order valence-corrected chi connectivity index (χ3v) is 7.37. The lowest BCUT2D eigenvalue weighted by Crippen LogP contribution is -1.91. The van der Waals surface area contributed by atoms with Gasteiger partial charge in [-0.3, -0.25) is 0 Å². The molecule has 162 valence electrons. The second-order valence-corrected chi connectivity index (χ2v) is 9.59. The molecular formula is C32H28S. The summed E-state index contributed by atoms with van der Waals surface area (Å²) in [5.74, 6) is 0. The van der Waals surface area contributed by atoms with Gasteiger partial charge < -0.3 is 0 Å². The van der Waals surface area contributed by atoms with Crippen molar-refractivity contribution in [1.29, 1.82) is 0 Å². The first kappa shape index (κ1) is 21.6. The zero-order chi connectivity index (χ0) is 22.9. The summed E-state index contributed by atoms with van der Waals surface area (Å²) in [5, 5.41) is 2.61. The van der Waals surface area contributed by atoms with Crippen LogP contribution >= 0.6 is 11.8 Å². The summed E-state index contributed by atoms with van der Waals surface area (Å²) in [4.78, 5) is 1.33. The molecular weight excluding hydrogens is 416 g/mol. The largest absolute Gasteiger partial charge is 0.129 e. The molecule has 0 fully saturated rings. The normalized spacial score (nSPS) is 11.2. The fourth-order valence-corrected chi connectivity index (χ4v) is 5.57. The van der Waals surface area contributed by atoms with Gasteiger partial charge in [0.15, 0.2) is 0 Å². The number of aryl methyl sites for hydroxylation is 3. The van der Waals surface area contributed by atoms with Crippen molar-refractivity contribution in [3.63, 3.8) is 0 Å². The summed E-state index contributed by atoms with van der Waals surface area (Å²) < 4.78 is 0. The van der Waals surface area contributed by atoms with Crippen LogP contribution in [0.2, 0.25) is 0 Å². The van der Waals surface area contributed by atoms with E-state index in [1.54, 1.807) is 0 Å². The molecule has 5 aromatic carbocycles. The van der Waals surface area contributed by atoms with E-state index in [4.69, 9.17) is 0 Å². The Balaban J connectivity index is 1.54. The van der Waals surface area contributed by atoms with Crippen molar-refractivity contribution in [3.8, 4) is 33.4 Å². The molecule has 0 aliphatic heterocycles. The molecule has 0 heterocycles. The van der Waals surface area contributed by atoms with Crippen LogP contribution in [0.3, 0.4) is 0 Å². The maximum atomic E-state index is 2.33. The van der Waals surface area contributed by atoms with Gasteiger partial charge in [0.2, 0.25) is 0 Å². The van der Waals surface area contributed by atoms with Gasteiger partial charge >= 0.3 is 0 Å². The van der Waals surface area contributed by atoms with E-state index in [0.29, 0.717) is 0 Å². The molecule has 0 radical (unpaired) electrons. The minimum atomic E-state index is 1.25. The second kappa shape index (κ2) is 8.92. The number of benzene rings is 5. The first-order chi connectivity index (χ1) is 16.1. The van der Waals surface area contributed by atoms with Gasteiger partial charge in [0.05, 0.1) is 0 Å². The fraction of sp³-hybridized carbons (Fsp3) is 0.125. The Morgan fingerprint density at radius 3 is 1.97 bits per heavy atom. The standard InChI is InChI=1S/C32H28S/c1-21-8-7-11-30(33-4)31(21)26-16-14-24(15-17-26)27-18-19-28(23(3)20-27)32-22(2)12-13-25-9-5-6-10-29(25)32/h5-20H,1-4H3. The lowest BCUT2D eigenvalue weighted by atomic mass is 9.89. The maximum absolute atomic E-state index is 2.33. The summed E-state index contributed by atoms with van der Waals surface area (Å²) in [5.41, 5.74) is 11.7. The Kier molecular flexibility index (Phi) is 5.83. The van der Waals surface area contributed by atoms with Crippen LogP contribution in [-0.4, -0.2) is 6.26 Å². The van der Waals surface area contributed by atoms with Crippen molar-refractivity contribution in [2.24, 2.45) is 0 Å². The molecule has 0 nitrogen and oxygen atoms in total. The first-order valence-corrected chi connectivity index (χ1v) is 12.6. The Hall–Kier alpha value is -3.29. The Morgan fingerprint density at radius 2 is 1.21 bits per heavy atom. The molecule has 0 aliphatic carbocycles. The molecule has 0 bridgehead atoms. The highest BCUT2D eigenvalue weighted by Crippen LogP contribution is 2.37. The van der Waals surface area contributed by atoms with Gasteiger partial charge in [-0.05, 0) is 93.9 Å². The molecule has 1 heteroatoms. The molecule has 0 unspecified atom stereocenters. The summed E-state index contributed by atoms with van der Waals surface area (Å²) in [6.45, 7) is 6.63. The van der Waals surface area contributed by atoms with Crippen molar-refractivity contribution in [1.82, 2.24) is 0 Å². The van der Waals surface area contributed by atoms with Crippen LogP contribution < -0.4 is 0 Å². The van der Waals surface area contributed by atoms with E-state index in [1.807, 2.05) is 11.8 Å². The maximum Gasteiger partial charge on any atom is 0.0150 e. The van der Waals surface area contributed by atoms with E-state index in [0.717, 1.165) is 0 Å². The quantitative estimate of drug-likeness (QED) is 0.249. The number of rotatable bonds is 4. The van der Waals surface area contributed by atoms with Crippen molar-refractivity contribution < 1.29 is 0 Å². The average molecular weight is 445 g/mol. The number of fused-ring (bicyclic) bond motifs is 1. The number of hydrogen-bond donors (Lipinski definition) is 0. The zero-order valence-corrected chi connectivity index (χ0v) is 20.5. The van der Waals surface area contributed by atoms with Crippen molar-refractivity contribution >= 4 is 22.5 Å². The van der Waals surface area contributed by atoms with Gasteiger partial charge in [-0.15, -0.1) is 11.8 Å². The monoisotopic (exact) mass is 444 g/mol. The van der Waals surface area contributed by atoms with Crippen LogP contribution in [0, 0.1) is 20.8 Å². The van der Waals surface area contributed by atoms with Crippen LogP contribution in [0.15, 0.2) is 102 Å². The van der Waals surface area contributed by atoms with Crippen LogP contribution in [0.4, 0.5) is 0 Å². The SMILES string of the molecule is CSc1cccc(C)c1-c1ccc(-c2ccc(-c3c(C)ccc4ccccc34)c(C)c2)cc1. The zero-order valence-electron chi connectivity index (χ0n) is 19.6. The van der Waals surface area contributed by atoms with Gasteiger partial charge in [-0.1, -0.05) is 91.0 Å². The van der Waals surface area contributed by atoms with E-state index in [1.165, 1.54) is 65.7 Å². The van der Waals surface area contributed by atoms with E-state index >= 15 is 0 Å². The van der Waals surface area contributed by atoms with Gasteiger partial charge in [0, 0.05) is 4.90 Å². The van der Waals surface area contributed by atoms with Crippen molar-refractivity contribution in [3.05, 3.63) is 114 Å². The summed E-state index contributed by atoms with van der Waals surface area (Å²) in [6.07, 6.45) is 2.15. The summed E-state index contributed by atoms with van der Waals surface area (Å²) in [6, 6.07) is 35.6. The van der Waals surface area contributed by atoms with E-state index in [9.17, 15) is 0 Å². The molecule has 33 heavy (non-hydrogen) atoms. The minimum Gasteiger partial charge on any atom is -0.129 e. The molecule has 0 amide bonds. The van der Waals surface area contributed by atoms with Gasteiger partial charge in [0.1, 0.15) is 0 Å². The average Bonchev–Trinajstić information content (AvgIpc) is 2.84. The predicted molar refractivity (Wildman–Crippen MR) is 146 cm³/mol. The molecule has 0 N–H and O–H groups in total. The Labute approximate surface area is 201 Å². The molecule has 0 spiro atoms. The highest BCUT2D eigenvalue weighted by atomic mass is 32.2. The Bertz CT molecular complexity index is 1460. The topological polar surface area (TPSA) is 0 Å². The van der Waals surface area contributed by atoms with Crippen LogP contribution in [-0.2, 0) is 0 Å². The van der Waals surface area contributed by atoms with Crippen molar-refractivity contribution in [2.75, 3.05) is 6.26 Å². The van der Waals surface area contributed by atoms with Gasteiger partial charge in [-0.2, -0.15) is 0 Å². The molecule has 0 aliphatic rings. The highest BCUT2D eigenvalue weighted by molar-refractivity contribution is 7.98. The van der Waals surface area contributed by atoms with Crippen molar-refractivity contribution in [2.45, 2.75) is 25.7 Å². The first-order valence-electron chi connectivity index (χ1n) is 11.4. The molecule has 0 saturated heterocycles. The van der Waals surface area contributed by atoms with Gasteiger partial charge in [-0.25, -0.2) is 0 Å². The number of hydrogen-bond acceptors (Lipinski definition) is 1. The summed E-state index contributed by atoms with van der Waals surface area (Å²) in [7, 11) is 0. The molecule has 5 aromatic rings. The smallest absolute Gasteiger partial charge is 0.0150 e. The Morgan fingerprint density at radius 1 is 0.515 bits per heavy atom. The predicted octanol–water partition coefficient (Wildman–Crippen LogP) is 9.49. The summed E-state index contributed by atoms with van der Waals surface area (Å²) >= 11 is 1.81. The van der Waals surface area contributed by atoms with Crippen LogP contribution in [0.25, 0.3) is 44.2 Å². The molecule has 5 rings (SSSR count). The third kappa shape index (κ3) is 3.98. The lowest BCUT2D eigenvalue weighted by Gasteiger charge is -2.15. The van der Waals surface area contributed by atoms with Crippen LogP contribution in [0.5, 0.6) is 0 Å². The lowest BCUT2D eigenvalue weighted by molar-refractivity contribution is 1.36. The molecule has 0 atom stereocenters. The highest BCUT2D eigenvalue weighted by Gasteiger charge is 2.12.